The number of hydrogen-bond donors (Lipinski definition) is 1. The topological polar surface area (TPSA) is 42.0 Å². The number of terminal acetylenes is 1. The summed E-state index contributed by atoms with van der Waals surface area (Å²) in [5.74, 6) is 2.43. The van der Waals surface area contributed by atoms with Gasteiger partial charge in [0, 0.05) is 11.6 Å². The van der Waals surface area contributed by atoms with Crippen LogP contribution in [-0.4, -0.2) is 10.9 Å². The van der Waals surface area contributed by atoms with Crippen molar-refractivity contribution >= 4 is 34.8 Å². The summed E-state index contributed by atoms with van der Waals surface area (Å²) in [4.78, 5) is 15.4. The van der Waals surface area contributed by atoms with Gasteiger partial charge in [-0.2, -0.15) is 0 Å². The van der Waals surface area contributed by atoms with Gasteiger partial charge in [-0.3, -0.25) is 4.79 Å². The van der Waals surface area contributed by atoms with Gasteiger partial charge in [-0.1, -0.05) is 23.2 Å². The number of carbonyl (C=O) groups excluding carboxylic acids is 1. The van der Waals surface area contributed by atoms with Crippen molar-refractivity contribution in [2.75, 3.05) is 5.32 Å². The molecule has 1 amide bonds. The van der Waals surface area contributed by atoms with E-state index in [1.54, 1.807) is 12.1 Å². The van der Waals surface area contributed by atoms with Crippen LogP contribution in [0.3, 0.4) is 0 Å². The second-order valence-electron chi connectivity index (χ2n) is 3.61. The first-order valence-electron chi connectivity index (χ1n) is 4.70. The third-order valence-electron chi connectivity index (χ3n) is 2.37. The second-order valence-corrected chi connectivity index (χ2v) is 4.38. The molecule has 5 heteroatoms. The van der Waals surface area contributed by atoms with E-state index in [9.17, 15) is 4.79 Å². The van der Waals surface area contributed by atoms with Crippen molar-refractivity contribution < 1.29 is 4.79 Å². The minimum absolute atomic E-state index is 0.0628. The van der Waals surface area contributed by atoms with Crippen LogP contribution in [0.25, 0.3) is 0 Å². The fourth-order valence-electron chi connectivity index (χ4n) is 1.44. The lowest BCUT2D eigenvalue weighted by atomic mass is 10.3. The van der Waals surface area contributed by atoms with Crippen LogP contribution < -0.4 is 5.32 Å². The van der Waals surface area contributed by atoms with Crippen LogP contribution in [0.4, 0.5) is 5.69 Å². The normalized spacial score (nSPS) is 22.3. The summed E-state index contributed by atoms with van der Waals surface area (Å²) in [6.45, 7) is 0. The predicted molar refractivity (Wildman–Crippen MR) is 63.3 cm³/mol. The zero-order chi connectivity index (χ0) is 11.7. The molecule has 0 aliphatic heterocycles. The Morgan fingerprint density at radius 1 is 1.50 bits per heavy atom. The summed E-state index contributed by atoms with van der Waals surface area (Å²) in [7, 11) is 0. The molecular formula is C11H8Cl2N2O. The number of pyridine rings is 1. The smallest absolute Gasteiger partial charge is 0.228 e. The van der Waals surface area contributed by atoms with Crippen molar-refractivity contribution in [2.24, 2.45) is 11.8 Å². The highest BCUT2D eigenvalue weighted by Gasteiger charge is 2.41. The Hall–Kier alpha value is -1.24. The lowest BCUT2D eigenvalue weighted by Crippen LogP contribution is -2.14. The molecule has 0 unspecified atom stereocenters. The maximum Gasteiger partial charge on any atom is 0.228 e. The van der Waals surface area contributed by atoms with Gasteiger partial charge in [-0.15, -0.1) is 12.3 Å². The standard InChI is InChI=1S/C11H8Cl2N2O/c1-2-6-3-8(6)11(16)14-7-4-9(12)15-10(13)5-7/h1,4-6,8H,3H2,(H,14,15,16)/t6-,8-/m0/s1. The average Bonchev–Trinajstić information content (AvgIpc) is 2.94. The molecule has 1 fully saturated rings. The number of anilines is 1. The van der Waals surface area contributed by atoms with E-state index in [0.29, 0.717) is 5.69 Å². The van der Waals surface area contributed by atoms with Crippen molar-refractivity contribution in [2.45, 2.75) is 6.42 Å². The molecule has 1 saturated carbocycles. The van der Waals surface area contributed by atoms with E-state index >= 15 is 0 Å². The minimum Gasteiger partial charge on any atom is -0.326 e. The van der Waals surface area contributed by atoms with Gasteiger partial charge in [0.2, 0.25) is 5.91 Å². The largest absolute Gasteiger partial charge is 0.326 e. The first kappa shape index (κ1) is 11.3. The van der Waals surface area contributed by atoms with Crippen LogP contribution in [0.2, 0.25) is 10.3 Å². The SMILES string of the molecule is C#C[C@H]1C[C@@H]1C(=O)Nc1cc(Cl)nc(Cl)c1. The lowest BCUT2D eigenvalue weighted by Gasteiger charge is -2.04. The molecule has 1 heterocycles. The Balaban J connectivity index is 2.05. The van der Waals surface area contributed by atoms with E-state index in [-0.39, 0.29) is 28.0 Å². The Morgan fingerprint density at radius 3 is 2.62 bits per heavy atom. The molecule has 0 bridgehead atoms. The minimum atomic E-state index is -0.0960. The van der Waals surface area contributed by atoms with Crippen LogP contribution >= 0.6 is 23.2 Å². The van der Waals surface area contributed by atoms with E-state index in [4.69, 9.17) is 29.6 Å². The molecule has 0 saturated heterocycles. The highest BCUT2D eigenvalue weighted by Crippen LogP contribution is 2.38. The fourth-order valence-corrected chi connectivity index (χ4v) is 1.90. The van der Waals surface area contributed by atoms with E-state index in [1.165, 1.54) is 0 Å². The van der Waals surface area contributed by atoms with Gasteiger partial charge < -0.3 is 5.32 Å². The second kappa shape index (κ2) is 4.32. The van der Waals surface area contributed by atoms with E-state index < -0.39 is 0 Å². The Kier molecular flexibility index (Phi) is 3.04. The number of aromatic nitrogens is 1. The predicted octanol–water partition coefficient (Wildman–Crippen LogP) is 2.60. The highest BCUT2D eigenvalue weighted by molar-refractivity contribution is 6.33. The zero-order valence-electron chi connectivity index (χ0n) is 8.21. The van der Waals surface area contributed by atoms with Crippen LogP contribution in [0.1, 0.15) is 6.42 Å². The van der Waals surface area contributed by atoms with Crippen LogP contribution in [-0.2, 0) is 4.79 Å². The third-order valence-corrected chi connectivity index (χ3v) is 2.76. The number of amides is 1. The number of nitrogens with zero attached hydrogens (tertiary/aromatic N) is 1. The molecule has 2 atom stereocenters. The maximum atomic E-state index is 11.7. The number of hydrogen-bond acceptors (Lipinski definition) is 2. The summed E-state index contributed by atoms with van der Waals surface area (Å²) in [6.07, 6.45) is 5.97. The molecule has 3 nitrogen and oxygen atoms in total. The van der Waals surface area contributed by atoms with Crippen LogP contribution in [0, 0.1) is 24.2 Å². The molecule has 1 N–H and O–H groups in total. The summed E-state index contributed by atoms with van der Waals surface area (Å²) < 4.78 is 0. The number of carbonyl (C=O) groups is 1. The fraction of sp³-hybridized carbons (Fsp3) is 0.273. The number of nitrogens with one attached hydrogen (secondary N) is 1. The van der Waals surface area contributed by atoms with Gasteiger partial charge in [0.25, 0.3) is 0 Å². The van der Waals surface area contributed by atoms with Crippen molar-refractivity contribution in [3.63, 3.8) is 0 Å². The molecular weight excluding hydrogens is 247 g/mol. The zero-order valence-corrected chi connectivity index (χ0v) is 9.72. The lowest BCUT2D eigenvalue weighted by molar-refractivity contribution is -0.117. The van der Waals surface area contributed by atoms with E-state index in [0.717, 1.165) is 6.42 Å². The molecule has 1 aromatic heterocycles. The summed E-state index contributed by atoms with van der Waals surface area (Å²) in [5.41, 5.74) is 0.540. The molecule has 2 rings (SSSR count). The Labute approximate surface area is 103 Å². The maximum absolute atomic E-state index is 11.7. The molecule has 0 spiro atoms. The molecule has 82 valence electrons. The van der Waals surface area contributed by atoms with E-state index in [2.05, 4.69) is 16.2 Å². The van der Waals surface area contributed by atoms with Gasteiger partial charge in [-0.05, 0) is 18.6 Å². The molecule has 16 heavy (non-hydrogen) atoms. The highest BCUT2D eigenvalue weighted by atomic mass is 35.5. The summed E-state index contributed by atoms with van der Waals surface area (Å²) in [5, 5.41) is 3.19. The summed E-state index contributed by atoms with van der Waals surface area (Å²) >= 11 is 11.4. The van der Waals surface area contributed by atoms with Gasteiger partial charge in [0.1, 0.15) is 10.3 Å². The van der Waals surface area contributed by atoms with Gasteiger partial charge in [0.05, 0.1) is 5.92 Å². The van der Waals surface area contributed by atoms with Gasteiger partial charge >= 0.3 is 0 Å². The summed E-state index contributed by atoms with van der Waals surface area (Å²) in [6, 6.07) is 3.08. The molecule has 0 aromatic carbocycles. The monoisotopic (exact) mass is 254 g/mol. The van der Waals surface area contributed by atoms with Gasteiger partial charge in [-0.25, -0.2) is 4.98 Å². The first-order chi connectivity index (χ1) is 7.60. The molecule has 1 aliphatic carbocycles. The van der Waals surface area contributed by atoms with Gasteiger partial charge in [0.15, 0.2) is 0 Å². The quantitative estimate of drug-likeness (QED) is 0.651. The number of rotatable bonds is 2. The average molecular weight is 255 g/mol. The third kappa shape index (κ3) is 2.46. The van der Waals surface area contributed by atoms with Crippen molar-refractivity contribution in [3.05, 3.63) is 22.4 Å². The van der Waals surface area contributed by atoms with Crippen molar-refractivity contribution in [3.8, 4) is 12.3 Å². The Morgan fingerprint density at radius 2 is 2.12 bits per heavy atom. The van der Waals surface area contributed by atoms with Crippen molar-refractivity contribution in [1.29, 1.82) is 0 Å². The molecule has 0 radical (unpaired) electrons. The first-order valence-corrected chi connectivity index (χ1v) is 5.46. The number of halogens is 2. The molecule has 1 aliphatic rings. The van der Waals surface area contributed by atoms with Crippen molar-refractivity contribution in [1.82, 2.24) is 4.98 Å². The van der Waals surface area contributed by atoms with Crippen LogP contribution in [0.15, 0.2) is 12.1 Å². The van der Waals surface area contributed by atoms with E-state index in [1.807, 2.05) is 0 Å². The van der Waals surface area contributed by atoms with Crippen LogP contribution in [0.5, 0.6) is 0 Å². The molecule has 1 aromatic rings. The Bertz CT molecular complexity index is 461.